The van der Waals surface area contributed by atoms with Gasteiger partial charge in [0.2, 0.25) is 0 Å². The Kier molecular flexibility index (Phi) is 4.81. The standard InChI is InChI=1S/C20H26N4O/c25-20(17-14-22-23-19(17)15-7-2-1-3-8-15)24-12-5-4-10-18(24)16-9-6-11-21-13-16/h6,9,11,13-15,18H,1-5,7-8,10,12H2,(H,22,23)/t18-/m1/s1. The van der Waals surface area contributed by atoms with E-state index in [0.717, 1.165) is 55.5 Å². The Bertz CT molecular complexity index is 705. The maximum Gasteiger partial charge on any atom is 0.257 e. The molecule has 1 saturated heterocycles. The number of H-pyrrole nitrogens is 1. The molecule has 0 radical (unpaired) electrons. The van der Waals surface area contributed by atoms with Gasteiger partial charge in [-0.1, -0.05) is 25.3 Å². The molecular weight excluding hydrogens is 312 g/mol. The van der Waals surface area contributed by atoms with Crippen molar-refractivity contribution < 1.29 is 4.79 Å². The van der Waals surface area contributed by atoms with Gasteiger partial charge in [-0.05, 0) is 43.7 Å². The summed E-state index contributed by atoms with van der Waals surface area (Å²) in [4.78, 5) is 19.6. The number of carbonyl (C=O) groups is 1. The first-order chi connectivity index (χ1) is 12.3. The molecule has 5 heteroatoms. The fraction of sp³-hybridized carbons (Fsp3) is 0.550. The third-order valence-corrected chi connectivity index (χ3v) is 5.75. The second-order valence-corrected chi connectivity index (χ2v) is 7.33. The van der Waals surface area contributed by atoms with Gasteiger partial charge in [0.1, 0.15) is 0 Å². The molecule has 1 N–H and O–H groups in total. The number of carbonyl (C=O) groups excluding carboxylic acids is 1. The van der Waals surface area contributed by atoms with E-state index in [2.05, 4.69) is 21.2 Å². The Labute approximate surface area is 148 Å². The third kappa shape index (κ3) is 3.32. The van der Waals surface area contributed by atoms with Crippen molar-refractivity contribution in [3.05, 3.63) is 47.5 Å². The number of rotatable bonds is 3. The zero-order valence-corrected chi connectivity index (χ0v) is 14.7. The molecule has 0 unspecified atom stereocenters. The second kappa shape index (κ2) is 7.38. The molecule has 1 amide bonds. The van der Waals surface area contributed by atoms with E-state index in [4.69, 9.17) is 0 Å². The smallest absolute Gasteiger partial charge is 0.257 e. The number of aromatic amines is 1. The van der Waals surface area contributed by atoms with Gasteiger partial charge in [0.15, 0.2) is 0 Å². The molecule has 132 valence electrons. The van der Waals surface area contributed by atoms with E-state index in [9.17, 15) is 4.79 Å². The van der Waals surface area contributed by atoms with Gasteiger partial charge in [0, 0.05) is 24.9 Å². The Balaban J connectivity index is 1.60. The molecule has 5 nitrogen and oxygen atoms in total. The molecule has 1 atom stereocenters. The monoisotopic (exact) mass is 338 g/mol. The highest BCUT2D eigenvalue weighted by atomic mass is 16.2. The van der Waals surface area contributed by atoms with Crippen LogP contribution in [0.15, 0.2) is 30.7 Å². The molecule has 1 aliphatic carbocycles. The summed E-state index contributed by atoms with van der Waals surface area (Å²) < 4.78 is 0. The van der Waals surface area contributed by atoms with Crippen LogP contribution < -0.4 is 0 Å². The summed E-state index contributed by atoms with van der Waals surface area (Å²) in [6.45, 7) is 0.813. The lowest BCUT2D eigenvalue weighted by molar-refractivity contribution is 0.0609. The van der Waals surface area contributed by atoms with E-state index >= 15 is 0 Å². The van der Waals surface area contributed by atoms with Gasteiger partial charge < -0.3 is 4.90 Å². The van der Waals surface area contributed by atoms with Gasteiger partial charge in [-0.2, -0.15) is 5.10 Å². The van der Waals surface area contributed by atoms with Crippen molar-refractivity contribution >= 4 is 5.91 Å². The topological polar surface area (TPSA) is 61.9 Å². The highest BCUT2D eigenvalue weighted by molar-refractivity contribution is 5.95. The minimum atomic E-state index is 0.128. The molecule has 1 saturated carbocycles. The van der Waals surface area contributed by atoms with Crippen molar-refractivity contribution in [1.29, 1.82) is 0 Å². The third-order valence-electron chi connectivity index (χ3n) is 5.75. The molecule has 3 heterocycles. The lowest BCUT2D eigenvalue weighted by atomic mass is 9.85. The number of hydrogen-bond donors (Lipinski definition) is 1. The van der Waals surface area contributed by atoms with Gasteiger partial charge in [0.05, 0.1) is 23.5 Å². The number of nitrogens with one attached hydrogen (secondary N) is 1. The average molecular weight is 338 g/mol. The van der Waals surface area contributed by atoms with Crippen molar-refractivity contribution in [2.75, 3.05) is 6.54 Å². The summed E-state index contributed by atoms with van der Waals surface area (Å²) in [6.07, 6.45) is 14.8. The van der Waals surface area contributed by atoms with Crippen LogP contribution in [0.3, 0.4) is 0 Å². The quantitative estimate of drug-likeness (QED) is 0.911. The lowest BCUT2D eigenvalue weighted by Crippen LogP contribution is -2.39. The largest absolute Gasteiger partial charge is 0.331 e. The molecule has 0 spiro atoms. The molecule has 2 fully saturated rings. The Morgan fingerprint density at radius 1 is 1.08 bits per heavy atom. The zero-order valence-electron chi connectivity index (χ0n) is 14.7. The maximum absolute atomic E-state index is 13.4. The number of piperidine rings is 1. The van der Waals surface area contributed by atoms with Crippen LogP contribution in [0.4, 0.5) is 0 Å². The first-order valence-electron chi connectivity index (χ1n) is 9.59. The van der Waals surface area contributed by atoms with E-state index in [1.54, 1.807) is 12.4 Å². The van der Waals surface area contributed by atoms with E-state index in [1.807, 2.05) is 17.2 Å². The number of aromatic nitrogens is 3. The number of pyridine rings is 1. The Morgan fingerprint density at radius 2 is 1.92 bits per heavy atom. The number of likely N-dealkylation sites (tertiary alicyclic amines) is 1. The van der Waals surface area contributed by atoms with Crippen molar-refractivity contribution in [3.63, 3.8) is 0 Å². The van der Waals surface area contributed by atoms with Crippen LogP contribution >= 0.6 is 0 Å². The van der Waals surface area contributed by atoms with Crippen molar-refractivity contribution in [2.45, 2.75) is 63.3 Å². The minimum absolute atomic E-state index is 0.128. The second-order valence-electron chi connectivity index (χ2n) is 7.33. The van der Waals surface area contributed by atoms with Crippen LogP contribution in [0.25, 0.3) is 0 Å². The fourth-order valence-electron chi connectivity index (χ4n) is 4.42. The first kappa shape index (κ1) is 16.3. The predicted molar refractivity (Wildman–Crippen MR) is 96.3 cm³/mol. The Morgan fingerprint density at radius 3 is 2.72 bits per heavy atom. The van der Waals surface area contributed by atoms with Gasteiger partial charge in [-0.3, -0.25) is 14.9 Å². The van der Waals surface area contributed by atoms with Crippen molar-refractivity contribution in [3.8, 4) is 0 Å². The van der Waals surface area contributed by atoms with Crippen LogP contribution in [0.2, 0.25) is 0 Å². The number of amides is 1. The molecule has 4 rings (SSSR count). The van der Waals surface area contributed by atoms with Crippen LogP contribution in [0, 0.1) is 0 Å². The van der Waals surface area contributed by atoms with Gasteiger partial charge >= 0.3 is 0 Å². The van der Waals surface area contributed by atoms with E-state index in [-0.39, 0.29) is 11.9 Å². The molecule has 1 aliphatic heterocycles. The first-order valence-corrected chi connectivity index (χ1v) is 9.59. The maximum atomic E-state index is 13.4. The van der Waals surface area contributed by atoms with Crippen LogP contribution in [-0.4, -0.2) is 32.5 Å². The molecule has 0 aromatic carbocycles. The summed E-state index contributed by atoms with van der Waals surface area (Å²) in [5, 5.41) is 7.37. The summed E-state index contributed by atoms with van der Waals surface area (Å²) in [5.41, 5.74) is 2.97. The zero-order chi connectivity index (χ0) is 17.1. The van der Waals surface area contributed by atoms with E-state index < -0.39 is 0 Å². The van der Waals surface area contributed by atoms with Gasteiger partial charge in [0.25, 0.3) is 5.91 Å². The molecule has 25 heavy (non-hydrogen) atoms. The normalized spacial score (nSPS) is 22.1. The summed E-state index contributed by atoms with van der Waals surface area (Å²) in [7, 11) is 0. The fourth-order valence-corrected chi connectivity index (χ4v) is 4.42. The molecule has 2 aromatic heterocycles. The lowest BCUT2D eigenvalue weighted by Gasteiger charge is -2.36. The number of hydrogen-bond acceptors (Lipinski definition) is 3. The van der Waals surface area contributed by atoms with E-state index in [1.165, 1.54) is 19.3 Å². The predicted octanol–water partition coefficient (Wildman–Crippen LogP) is 4.22. The molecule has 2 aromatic rings. The minimum Gasteiger partial charge on any atom is -0.331 e. The average Bonchev–Trinajstić information content (AvgIpc) is 3.19. The molecule has 0 bridgehead atoms. The molecule has 2 aliphatic rings. The molecular formula is C20H26N4O. The van der Waals surface area contributed by atoms with Gasteiger partial charge in [-0.25, -0.2) is 0 Å². The highest BCUT2D eigenvalue weighted by Crippen LogP contribution is 2.36. The van der Waals surface area contributed by atoms with Crippen LogP contribution in [-0.2, 0) is 0 Å². The SMILES string of the molecule is O=C(c1cn[nH]c1C1CCCCC1)N1CCCC[C@@H]1c1cccnc1. The van der Waals surface area contributed by atoms with Crippen LogP contribution in [0.1, 0.15) is 84.9 Å². The van der Waals surface area contributed by atoms with Crippen molar-refractivity contribution in [2.24, 2.45) is 0 Å². The summed E-state index contributed by atoms with van der Waals surface area (Å²) >= 11 is 0. The Hall–Kier alpha value is -2.17. The number of nitrogens with zero attached hydrogens (tertiary/aromatic N) is 3. The van der Waals surface area contributed by atoms with Crippen molar-refractivity contribution in [1.82, 2.24) is 20.1 Å². The highest BCUT2D eigenvalue weighted by Gasteiger charge is 2.32. The summed E-state index contributed by atoms with van der Waals surface area (Å²) in [5.74, 6) is 0.583. The van der Waals surface area contributed by atoms with Crippen LogP contribution in [0.5, 0.6) is 0 Å². The van der Waals surface area contributed by atoms with E-state index in [0.29, 0.717) is 5.92 Å². The summed E-state index contributed by atoms with van der Waals surface area (Å²) in [6, 6.07) is 4.17. The van der Waals surface area contributed by atoms with Gasteiger partial charge in [-0.15, -0.1) is 0 Å².